The van der Waals surface area contributed by atoms with Crippen molar-refractivity contribution >= 4 is 5.91 Å². The van der Waals surface area contributed by atoms with Crippen LogP contribution in [-0.2, 0) is 24.3 Å². The molecule has 0 fully saturated rings. The van der Waals surface area contributed by atoms with Crippen LogP contribution in [0.15, 0.2) is 67.3 Å². The number of nitrogens with one attached hydrogen (secondary N) is 1. The molecule has 0 atom stereocenters. The lowest BCUT2D eigenvalue weighted by Gasteiger charge is -2.11. The Hall–Kier alpha value is -3.08. The smallest absolute Gasteiger partial charge is 0.224 e. The first-order valence-electron chi connectivity index (χ1n) is 8.17. The van der Waals surface area contributed by atoms with Crippen LogP contribution in [0.2, 0.25) is 0 Å². The lowest BCUT2D eigenvalue weighted by molar-refractivity contribution is -0.120. The van der Waals surface area contributed by atoms with Crippen LogP contribution in [0.25, 0.3) is 0 Å². The van der Waals surface area contributed by atoms with Crippen molar-refractivity contribution in [3.05, 3.63) is 83.9 Å². The van der Waals surface area contributed by atoms with Gasteiger partial charge in [-0.3, -0.25) is 4.79 Å². The van der Waals surface area contributed by atoms with Gasteiger partial charge in [0.2, 0.25) is 5.91 Å². The molecule has 1 N–H and O–H groups in total. The molecule has 0 saturated heterocycles. The van der Waals surface area contributed by atoms with Gasteiger partial charge in [0.05, 0.1) is 19.9 Å². The maximum Gasteiger partial charge on any atom is 0.224 e. The molecule has 128 valence electrons. The minimum atomic E-state index is -0.00862. The lowest BCUT2D eigenvalue weighted by Crippen LogP contribution is -2.25. The molecule has 2 aromatic carbocycles. The molecule has 1 aromatic heterocycles. The molecule has 3 aromatic rings. The van der Waals surface area contributed by atoms with Crippen LogP contribution < -0.4 is 10.1 Å². The minimum absolute atomic E-state index is 0.00862. The standard InChI is InChI=1S/C20H21N3O2/c1-25-19-8-4-5-16(11-19)12-20(24)22-13-17-6-2-3-7-18(17)14-23-10-9-21-15-23/h2-11,15H,12-14H2,1H3,(H,22,24). The lowest BCUT2D eigenvalue weighted by atomic mass is 10.1. The number of rotatable bonds is 7. The maximum atomic E-state index is 12.2. The van der Waals surface area contributed by atoms with Crippen LogP contribution in [0.3, 0.4) is 0 Å². The van der Waals surface area contributed by atoms with E-state index in [0.717, 1.165) is 23.4 Å². The van der Waals surface area contributed by atoms with E-state index in [0.29, 0.717) is 13.0 Å². The first-order valence-corrected chi connectivity index (χ1v) is 8.17. The Morgan fingerprint density at radius 1 is 1.16 bits per heavy atom. The Morgan fingerprint density at radius 2 is 2.00 bits per heavy atom. The number of aromatic nitrogens is 2. The molecule has 0 spiro atoms. The topological polar surface area (TPSA) is 56.1 Å². The summed E-state index contributed by atoms with van der Waals surface area (Å²) in [5, 5.41) is 3.00. The normalized spacial score (nSPS) is 10.4. The van der Waals surface area contributed by atoms with E-state index in [1.165, 1.54) is 5.56 Å². The summed E-state index contributed by atoms with van der Waals surface area (Å²) in [6, 6.07) is 15.7. The van der Waals surface area contributed by atoms with Crippen LogP contribution in [0, 0.1) is 0 Å². The number of amides is 1. The van der Waals surface area contributed by atoms with E-state index in [2.05, 4.69) is 16.4 Å². The number of hydrogen-bond acceptors (Lipinski definition) is 3. The van der Waals surface area contributed by atoms with Gasteiger partial charge >= 0.3 is 0 Å². The van der Waals surface area contributed by atoms with Gasteiger partial charge in [0.1, 0.15) is 5.75 Å². The van der Waals surface area contributed by atoms with Gasteiger partial charge in [0.25, 0.3) is 0 Å². The Labute approximate surface area is 147 Å². The Balaban J connectivity index is 1.60. The zero-order chi connectivity index (χ0) is 17.5. The van der Waals surface area contributed by atoms with E-state index in [1.807, 2.05) is 53.2 Å². The summed E-state index contributed by atoms with van der Waals surface area (Å²) in [6.07, 6.45) is 5.82. The summed E-state index contributed by atoms with van der Waals surface area (Å²) in [5.41, 5.74) is 3.21. The fourth-order valence-electron chi connectivity index (χ4n) is 2.69. The molecule has 0 saturated carbocycles. The Morgan fingerprint density at radius 3 is 2.76 bits per heavy atom. The second-order valence-corrected chi connectivity index (χ2v) is 5.81. The van der Waals surface area contributed by atoms with Crippen LogP contribution >= 0.6 is 0 Å². The molecule has 25 heavy (non-hydrogen) atoms. The van der Waals surface area contributed by atoms with Gasteiger partial charge < -0.3 is 14.6 Å². The number of ether oxygens (including phenoxy) is 1. The highest BCUT2D eigenvalue weighted by atomic mass is 16.5. The summed E-state index contributed by atoms with van der Waals surface area (Å²) in [7, 11) is 1.62. The molecule has 0 unspecified atom stereocenters. The minimum Gasteiger partial charge on any atom is -0.497 e. The van der Waals surface area contributed by atoms with Gasteiger partial charge in [0, 0.05) is 25.5 Å². The summed E-state index contributed by atoms with van der Waals surface area (Å²) in [4.78, 5) is 16.3. The van der Waals surface area contributed by atoms with Crippen molar-refractivity contribution in [1.82, 2.24) is 14.9 Å². The number of imidazole rings is 1. The predicted octanol–water partition coefficient (Wildman–Crippen LogP) is 2.80. The third-order valence-electron chi connectivity index (χ3n) is 4.01. The molecule has 0 bridgehead atoms. The number of benzene rings is 2. The zero-order valence-corrected chi connectivity index (χ0v) is 14.2. The SMILES string of the molecule is COc1cccc(CC(=O)NCc2ccccc2Cn2ccnc2)c1. The van der Waals surface area contributed by atoms with Crippen LogP contribution in [0.5, 0.6) is 5.75 Å². The van der Waals surface area contributed by atoms with Gasteiger partial charge in [0.15, 0.2) is 0 Å². The quantitative estimate of drug-likeness (QED) is 0.722. The third kappa shape index (κ3) is 4.70. The van der Waals surface area contributed by atoms with Gasteiger partial charge in [-0.25, -0.2) is 4.98 Å². The molecule has 0 aliphatic rings. The molecule has 3 rings (SSSR count). The van der Waals surface area contributed by atoms with Crippen LogP contribution in [-0.4, -0.2) is 22.6 Å². The fraction of sp³-hybridized carbons (Fsp3) is 0.200. The summed E-state index contributed by atoms with van der Waals surface area (Å²) in [6.45, 7) is 1.25. The molecule has 0 radical (unpaired) electrons. The average Bonchev–Trinajstić information content (AvgIpc) is 3.14. The van der Waals surface area contributed by atoms with Crippen molar-refractivity contribution in [2.24, 2.45) is 0 Å². The van der Waals surface area contributed by atoms with Crippen molar-refractivity contribution in [2.45, 2.75) is 19.5 Å². The first kappa shape index (κ1) is 16.8. The highest BCUT2D eigenvalue weighted by Gasteiger charge is 2.07. The Bertz CT molecular complexity index is 828. The van der Waals surface area contributed by atoms with Gasteiger partial charge in [-0.2, -0.15) is 0 Å². The van der Waals surface area contributed by atoms with E-state index < -0.39 is 0 Å². The number of carbonyl (C=O) groups is 1. The van der Waals surface area contributed by atoms with Crippen molar-refractivity contribution in [1.29, 1.82) is 0 Å². The molecule has 5 nitrogen and oxygen atoms in total. The molecule has 1 heterocycles. The average molecular weight is 335 g/mol. The van der Waals surface area contributed by atoms with Crippen LogP contribution in [0.4, 0.5) is 0 Å². The number of methoxy groups -OCH3 is 1. The second kappa shape index (κ2) is 8.15. The molecular weight excluding hydrogens is 314 g/mol. The largest absolute Gasteiger partial charge is 0.497 e. The highest BCUT2D eigenvalue weighted by molar-refractivity contribution is 5.78. The maximum absolute atomic E-state index is 12.2. The van der Waals surface area contributed by atoms with Crippen molar-refractivity contribution < 1.29 is 9.53 Å². The fourth-order valence-corrected chi connectivity index (χ4v) is 2.69. The van der Waals surface area contributed by atoms with Crippen molar-refractivity contribution in [3.8, 4) is 5.75 Å². The van der Waals surface area contributed by atoms with Crippen molar-refractivity contribution in [2.75, 3.05) is 7.11 Å². The number of hydrogen-bond donors (Lipinski definition) is 1. The Kier molecular flexibility index (Phi) is 5.46. The monoisotopic (exact) mass is 335 g/mol. The zero-order valence-electron chi connectivity index (χ0n) is 14.2. The van der Waals surface area contributed by atoms with E-state index in [1.54, 1.807) is 19.6 Å². The molecule has 0 aliphatic carbocycles. The highest BCUT2D eigenvalue weighted by Crippen LogP contribution is 2.13. The van der Waals surface area contributed by atoms with Gasteiger partial charge in [-0.15, -0.1) is 0 Å². The summed E-state index contributed by atoms with van der Waals surface area (Å²) >= 11 is 0. The molecule has 5 heteroatoms. The van der Waals surface area contributed by atoms with Gasteiger partial charge in [-0.1, -0.05) is 36.4 Å². The summed E-state index contributed by atoms with van der Waals surface area (Å²) < 4.78 is 7.20. The molecular formula is C20H21N3O2. The van der Waals surface area contributed by atoms with E-state index in [9.17, 15) is 4.79 Å². The van der Waals surface area contributed by atoms with E-state index in [-0.39, 0.29) is 5.91 Å². The number of nitrogens with zero attached hydrogens (tertiary/aromatic N) is 2. The van der Waals surface area contributed by atoms with Crippen molar-refractivity contribution in [3.63, 3.8) is 0 Å². The predicted molar refractivity (Wildman–Crippen MR) is 96.3 cm³/mol. The van der Waals surface area contributed by atoms with E-state index >= 15 is 0 Å². The van der Waals surface area contributed by atoms with Gasteiger partial charge in [-0.05, 0) is 28.8 Å². The first-order chi connectivity index (χ1) is 12.2. The summed E-state index contributed by atoms with van der Waals surface area (Å²) in [5.74, 6) is 0.752. The second-order valence-electron chi connectivity index (χ2n) is 5.81. The third-order valence-corrected chi connectivity index (χ3v) is 4.01. The van der Waals surface area contributed by atoms with E-state index in [4.69, 9.17) is 4.74 Å². The number of carbonyl (C=O) groups excluding carboxylic acids is 1. The molecule has 0 aliphatic heterocycles. The molecule has 1 amide bonds. The van der Waals surface area contributed by atoms with Crippen LogP contribution in [0.1, 0.15) is 16.7 Å².